The van der Waals surface area contributed by atoms with Gasteiger partial charge in [-0.3, -0.25) is 4.79 Å². The number of rotatable bonds is 9. The number of ether oxygens (including phenoxy) is 3. The first-order valence-corrected chi connectivity index (χ1v) is 10.6. The van der Waals surface area contributed by atoms with Crippen LogP contribution in [0.3, 0.4) is 0 Å². The summed E-state index contributed by atoms with van der Waals surface area (Å²) in [5, 5.41) is 12.4. The molecular formula is C20H28N4O4S. The van der Waals surface area contributed by atoms with Crippen LogP contribution in [0, 0.1) is 0 Å². The Hall–Kier alpha value is -2.26. The summed E-state index contributed by atoms with van der Waals surface area (Å²) in [5.74, 6) is 2.10. The van der Waals surface area contributed by atoms with Crippen molar-refractivity contribution in [1.82, 2.24) is 20.1 Å². The van der Waals surface area contributed by atoms with Crippen LogP contribution in [0.5, 0.6) is 11.5 Å². The van der Waals surface area contributed by atoms with Gasteiger partial charge in [0.2, 0.25) is 5.91 Å². The van der Waals surface area contributed by atoms with Gasteiger partial charge in [-0.15, -0.1) is 10.2 Å². The van der Waals surface area contributed by atoms with Crippen molar-refractivity contribution in [3.05, 3.63) is 18.2 Å². The van der Waals surface area contributed by atoms with E-state index in [1.54, 1.807) is 21.3 Å². The van der Waals surface area contributed by atoms with Crippen molar-refractivity contribution in [1.29, 1.82) is 0 Å². The molecule has 1 fully saturated rings. The van der Waals surface area contributed by atoms with Crippen molar-refractivity contribution in [2.45, 2.75) is 42.6 Å². The maximum Gasteiger partial charge on any atom is 0.233 e. The molecule has 1 aromatic carbocycles. The molecule has 1 saturated heterocycles. The lowest BCUT2D eigenvalue weighted by Crippen LogP contribution is -2.30. The lowest BCUT2D eigenvalue weighted by Gasteiger charge is -2.15. The number of thioether (sulfide) groups is 1. The summed E-state index contributed by atoms with van der Waals surface area (Å²) in [7, 11) is 4.90. The molecule has 0 aliphatic carbocycles. The summed E-state index contributed by atoms with van der Waals surface area (Å²) >= 11 is 1.48. The van der Waals surface area contributed by atoms with E-state index in [1.807, 2.05) is 18.2 Å². The SMILES string of the molecule is COCCCn1c(SC2CCCCNC2=O)nnc1-c1ccc(OC)c(OC)c1. The third-order valence-electron chi connectivity index (χ3n) is 4.82. The molecular weight excluding hydrogens is 392 g/mol. The van der Waals surface area contributed by atoms with Crippen molar-refractivity contribution < 1.29 is 19.0 Å². The molecule has 1 atom stereocenters. The van der Waals surface area contributed by atoms with Crippen molar-refractivity contribution in [3.63, 3.8) is 0 Å². The van der Waals surface area contributed by atoms with E-state index in [-0.39, 0.29) is 11.2 Å². The van der Waals surface area contributed by atoms with Gasteiger partial charge in [0, 0.05) is 32.4 Å². The Balaban J connectivity index is 1.91. The van der Waals surface area contributed by atoms with Gasteiger partial charge < -0.3 is 24.1 Å². The molecule has 0 saturated carbocycles. The Bertz CT molecular complexity index is 827. The molecule has 2 heterocycles. The van der Waals surface area contributed by atoms with Crippen molar-refractivity contribution in [2.24, 2.45) is 0 Å². The molecule has 1 amide bonds. The topological polar surface area (TPSA) is 87.5 Å². The van der Waals surface area contributed by atoms with Gasteiger partial charge in [-0.05, 0) is 37.5 Å². The van der Waals surface area contributed by atoms with Gasteiger partial charge in [-0.25, -0.2) is 0 Å². The van der Waals surface area contributed by atoms with Crippen LogP contribution in [0.2, 0.25) is 0 Å². The Morgan fingerprint density at radius 1 is 1.17 bits per heavy atom. The van der Waals surface area contributed by atoms with Crippen LogP contribution >= 0.6 is 11.8 Å². The van der Waals surface area contributed by atoms with E-state index >= 15 is 0 Å². The third kappa shape index (κ3) is 5.22. The van der Waals surface area contributed by atoms with E-state index < -0.39 is 0 Å². The zero-order valence-electron chi connectivity index (χ0n) is 17.1. The predicted octanol–water partition coefficient (Wildman–Crippen LogP) is 2.76. The normalized spacial score (nSPS) is 16.9. The minimum absolute atomic E-state index is 0.0756. The van der Waals surface area contributed by atoms with E-state index in [4.69, 9.17) is 14.2 Å². The van der Waals surface area contributed by atoms with Gasteiger partial charge in [0.1, 0.15) is 0 Å². The number of benzene rings is 1. The molecule has 0 spiro atoms. The first-order valence-electron chi connectivity index (χ1n) is 9.76. The molecule has 29 heavy (non-hydrogen) atoms. The van der Waals surface area contributed by atoms with E-state index in [2.05, 4.69) is 20.1 Å². The van der Waals surface area contributed by atoms with Crippen LogP contribution in [-0.2, 0) is 16.1 Å². The Labute approximate surface area is 175 Å². The van der Waals surface area contributed by atoms with Crippen LogP contribution in [0.4, 0.5) is 0 Å². The predicted molar refractivity (Wildman–Crippen MR) is 112 cm³/mol. The van der Waals surface area contributed by atoms with Crippen molar-refractivity contribution >= 4 is 17.7 Å². The molecule has 1 aliphatic heterocycles. The standard InChI is InChI=1S/C20H28N4O4S/c1-26-12-6-11-24-18(14-8-9-15(27-2)16(13-14)28-3)22-23-20(24)29-17-7-4-5-10-21-19(17)25/h8-9,13,17H,4-7,10-12H2,1-3H3,(H,21,25). The summed E-state index contributed by atoms with van der Waals surface area (Å²) < 4.78 is 18.0. The highest BCUT2D eigenvalue weighted by molar-refractivity contribution is 8.00. The second-order valence-electron chi connectivity index (χ2n) is 6.77. The number of hydrogen-bond donors (Lipinski definition) is 1. The lowest BCUT2D eigenvalue weighted by atomic mass is 10.2. The molecule has 0 bridgehead atoms. The van der Waals surface area contributed by atoms with Crippen LogP contribution in [0.1, 0.15) is 25.7 Å². The van der Waals surface area contributed by atoms with E-state index in [9.17, 15) is 4.79 Å². The fraction of sp³-hybridized carbons (Fsp3) is 0.550. The number of carbonyl (C=O) groups excluding carboxylic acids is 1. The molecule has 8 nitrogen and oxygen atoms in total. The largest absolute Gasteiger partial charge is 0.493 e. The molecule has 3 rings (SSSR count). The van der Waals surface area contributed by atoms with Crippen LogP contribution in [0.25, 0.3) is 11.4 Å². The average Bonchev–Trinajstić information content (AvgIpc) is 3.02. The fourth-order valence-electron chi connectivity index (χ4n) is 3.28. The Morgan fingerprint density at radius 3 is 2.76 bits per heavy atom. The molecule has 2 aromatic rings. The van der Waals surface area contributed by atoms with Gasteiger partial charge in [0.25, 0.3) is 0 Å². The monoisotopic (exact) mass is 420 g/mol. The number of hydrogen-bond acceptors (Lipinski definition) is 7. The van der Waals surface area contributed by atoms with E-state index in [0.717, 1.165) is 48.8 Å². The van der Waals surface area contributed by atoms with E-state index in [1.165, 1.54) is 11.8 Å². The number of carbonyl (C=O) groups is 1. The first-order chi connectivity index (χ1) is 14.2. The van der Waals surface area contributed by atoms with Gasteiger partial charge in [-0.1, -0.05) is 18.2 Å². The Morgan fingerprint density at radius 2 is 2.00 bits per heavy atom. The quantitative estimate of drug-likeness (QED) is 0.624. The summed E-state index contributed by atoms with van der Waals surface area (Å²) in [6.07, 6.45) is 3.70. The number of aromatic nitrogens is 3. The van der Waals surface area contributed by atoms with Crippen molar-refractivity contribution in [2.75, 3.05) is 34.5 Å². The maximum absolute atomic E-state index is 12.4. The third-order valence-corrected chi connectivity index (χ3v) is 6.07. The number of nitrogens with one attached hydrogen (secondary N) is 1. The molecule has 1 N–H and O–H groups in total. The zero-order chi connectivity index (χ0) is 20.6. The first kappa shape index (κ1) is 21.4. The number of nitrogens with zero attached hydrogens (tertiary/aromatic N) is 3. The van der Waals surface area contributed by atoms with Gasteiger partial charge in [0.15, 0.2) is 22.5 Å². The molecule has 1 aliphatic rings. The number of amides is 1. The molecule has 9 heteroatoms. The molecule has 0 radical (unpaired) electrons. The second-order valence-corrected chi connectivity index (χ2v) is 7.94. The lowest BCUT2D eigenvalue weighted by molar-refractivity contribution is -0.120. The number of methoxy groups -OCH3 is 3. The second kappa shape index (κ2) is 10.5. The average molecular weight is 421 g/mol. The minimum atomic E-state index is -0.152. The van der Waals surface area contributed by atoms with Crippen molar-refractivity contribution in [3.8, 4) is 22.9 Å². The summed E-state index contributed by atoms with van der Waals surface area (Å²) in [4.78, 5) is 12.4. The molecule has 1 aromatic heterocycles. The van der Waals surface area contributed by atoms with E-state index in [0.29, 0.717) is 24.7 Å². The summed E-state index contributed by atoms with van der Waals surface area (Å²) in [6, 6.07) is 5.68. The smallest absolute Gasteiger partial charge is 0.233 e. The molecule has 158 valence electrons. The highest BCUT2D eigenvalue weighted by Crippen LogP contribution is 2.34. The minimum Gasteiger partial charge on any atom is -0.493 e. The maximum atomic E-state index is 12.4. The summed E-state index contributed by atoms with van der Waals surface area (Å²) in [5.41, 5.74) is 0.879. The highest BCUT2D eigenvalue weighted by atomic mass is 32.2. The van der Waals surface area contributed by atoms with Crippen LogP contribution in [-0.4, -0.2) is 60.4 Å². The Kier molecular flexibility index (Phi) is 7.76. The van der Waals surface area contributed by atoms with Crippen LogP contribution in [0.15, 0.2) is 23.4 Å². The molecule has 1 unspecified atom stereocenters. The highest BCUT2D eigenvalue weighted by Gasteiger charge is 2.25. The fourth-order valence-corrected chi connectivity index (χ4v) is 4.41. The summed E-state index contributed by atoms with van der Waals surface area (Å²) in [6.45, 7) is 2.08. The van der Waals surface area contributed by atoms with Gasteiger partial charge >= 0.3 is 0 Å². The van der Waals surface area contributed by atoms with Gasteiger partial charge in [0.05, 0.1) is 19.5 Å². The zero-order valence-corrected chi connectivity index (χ0v) is 18.0. The van der Waals surface area contributed by atoms with Gasteiger partial charge in [-0.2, -0.15) is 0 Å². The van der Waals surface area contributed by atoms with Crippen LogP contribution < -0.4 is 14.8 Å².